The highest BCUT2D eigenvalue weighted by molar-refractivity contribution is 7.77. The average molecular weight is 163 g/mol. The number of rotatable bonds is 3. The Labute approximate surface area is 63.7 Å². The molecule has 10 heavy (non-hydrogen) atoms. The summed E-state index contributed by atoms with van der Waals surface area (Å²) >= 11 is -1.56. The van der Waals surface area contributed by atoms with Gasteiger partial charge in [0.05, 0.1) is 6.61 Å². The Balaban J connectivity index is 2.07. The number of hydrogen-bond donors (Lipinski definition) is 1. The molecule has 0 spiro atoms. The van der Waals surface area contributed by atoms with Crippen LogP contribution in [-0.2, 0) is 15.4 Å². The summed E-state index contributed by atoms with van der Waals surface area (Å²) in [6.07, 6.45) is 4.98. The van der Waals surface area contributed by atoms with Crippen molar-refractivity contribution in [3.05, 3.63) is 0 Å². The van der Waals surface area contributed by atoms with E-state index in [9.17, 15) is 4.21 Å². The lowest BCUT2D eigenvalue weighted by atomic mass is 10.1. The van der Waals surface area contributed by atoms with Gasteiger partial charge in [-0.3, -0.25) is 4.18 Å². The highest BCUT2D eigenvalue weighted by atomic mass is 32.2. The Bertz CT molecular complexity index is 123. The van der Waals surface area contributed by atoms with Gasteiger partial charge in [0.2, 0.25) is 11.3 Å². The van der Waals surface area contributed by atoms with E-state index < -0.39 is 11.3 Å². The molecule has 1 aliphatic rings. The molecule has 0 aromatic rings. The minimum atomic E-state index is -1.56. The van der Waals surface area contributed by atoms with E-state index in [4.69, 9.17) is 9.32 Å². The summed E-state index contributed by atoms with van der Waals surface area (Å²) in [6, 6.07) is 0. The van der Waals surface area contributed by atoms with Crippen LogP contribution < -0.4 is 5.14 Å². The Kier molecular flexibility index (Phi) is 3.31. The van der Waals surface area contributed by atoms with Crippen LogP contribution >= 0.6 is 0 Å². The largest absolute Gasteiger partial charge is 0.278 e. The molecule has 0 aromatic heterocycles. The van der Waals surface area contributed by atoms with Gasteiger partial charge in [0.1, 0.15) is 0 Å². The lowest BCUT2D eigenvalue weighted by Gasteiger charge is -2.05. The molecule has 1 aliphatic carbocycles. The first-order valence-electron chi connectivity index (χ1n) is 3.58. The third-order valence-electron chi connectivity index (χ3n) is 1.89. The van der Waals surface area contributed by atoms with Gasteiger partial charge in [0.15, 0.2) is 0 Å². The quantitative estimate of drug-likeness (QED) is 0.667. The van der Waals surface area contributed by atoms with Gasteiger partial charge in [-0.1, -0.05) is 12.8 Å². The van der Waals surface area contributed by atoms with Crippen LogP contribution in [0.2, 0.25) is 0 Å². The molecule has 1 fully saturated rings. The van der Waals surface area contributed by atoms with E-state index in [2.05, 4.69) is 0 Å². The molecule has 1 unspecified atom stereocenters. The third-order valence-corrected chi connectivity index (χ3v) is 2.26. The van der Waals surface area contributed by atoms with Crippen molar-refractivity contribution in [1.29, 1.82) is 0 Å². The Morgan fingerprint density at radius 3 is 2.60 bits per heavy atom. The third kappa shape index (κ3) is 2.77. The maximum Gasteiger partial charge on any atom is 0.231 e. The van der Waals surface area contributed by atoms with Gasteiger partial charge in [-0.05, 0) is 18.8 Å². The summed E-state index contributed by atoms with van der Waals surface area (Å²) in [4.78, 5) is 0. The van der Waals surface area contributed by atoms with Gasteiger partial charge in [-0.2, -0.15) is 0 Å². The fourth-order valence-corrected chi connectivity index (χ4v) is 1.67. The van der Waals surface area contributed by atoms with Crippen LogP contribution in [0.5, 0.6) is 0 Å². The minimum Gasteiger partial charge on any atom is -0.278 e. The van der Waals surface area contributed by atoms with Crippen LogP contribution in [0.15, 0.2) is 0 Å². The molecule has 0 amide bonds. The van der Waals surface area contributed by atoms with Crippen molar-refractivity contribution >= 4 is 11.3 Å². The van der Waals surface area contributed by atoms with Crippen LogP contribution in [0.1, 0.15) is 25.7 Å². The first-order chi connectivity index (χ1) is 4.79. The van der Waals surface area contributed by atoms with E-state index in [1.54, 1.807) is 0 Å². The number of hydrogen-bond acceptors (Lipinski definition) is 2. The van der Waals surface area contributed by atoms with E-state index in [1.807, 2.05) is 0 Å². The first kappa shape index (κ1) is 8.17. The standard InChI is InChI=1S/C6H13NO2S/c7-10(8)9-5-6-3-1-2-4-6/h6H,1-5,7H2. The topological polar surface area (TPSA) is 52.3 Å². The van der Waals surface area contributed by atoms with Crippen molar-refractivity contribution in [3.63, 3.8) is 0 Å². The lowest BCUT2D eigenvalue weighted by molar-refractivity contribution is 0.275. The molecule has 0 heterocycles. The smallest absolute Gasteiger partial charge is 0.231 e. The molecule has 3 nitrogen and oxygen atoms in total. The zero-order valence-corrected chi connectivity index (χ0v) is 6.73. The molecule has 0 aromatic carbocycles. The molecule has 2 N–H and O–H groups in total. The molecule has 0 radical (unpaired) electrons. The number of nitrogens with two attached hydrogens (primary N) is 1. The second-order valence-electron chi connectivity index (χ2n) is 2.70. The highest BCUT2D eigenvalue weighted by Gasteiger charge is 2.15. The molecule has 0 bridgehead atoms. The maximum absolute atomic E-state index is 10.3. The molecule has 1 atom stereocenters. The molecule has 4 heteroatoms. The van der Waals surface area contributed by atoms with Crippen molar-refractivity contribution in [1.82, 2.24) is 0 Å². The van der Waals surface area contributed by atoms with Crippen molar-refractivity contribution in [2.45, 2.75) is 25.7 Å². The lowest BCUT2D eigenvalue weighted by Crippen LogP contribution is -2.12. The Morgan fingerprint density at radius 2 is 2.10 bits per heavy atom. The van der Waals surface area contributed by atoms with E-state index in [1.165, 1.54) is 25.7 Å². The molecule has 0 aliphatic heterocycles. The van der Waals surface area contributed by atoms with Gasteiger partial charge in [0.25, 0.3) is 0 Å². The minimum absolute atomic E-state index is 0.573. The van der Waals surface area contributed by atoms with Crippen molar-refractivity contribution in [2.75, 3.05) is 6.61 Å². The predicted molar refractivity (Wildman–Crippen MR) is 40.2 cm³/mol. The highest BCUT2D eigenvalue weighted by Crippen LogP contribution is 2.24. The Morgan fingerprint density at radius 1 is 1.50 bits per heavy atom. The zero-order chi connectivity index (χ0) is 7.40. The Hall–Kier alpha value is 0.0700. The van der Waals surface area contributed by atoms with Crippen LogP contribution in [0.25, 0.3) is 0 Å². The van der Waals surface area contributed by atoms with Gasteiger partial charge < -0.3 is 0 Å². The normalized spacial score (nSPS) is 23.3. The summed E-state index contributed by atoms with van der Waals surface area (Å²) in [5, 5.41) is 4.92. The summed E-state index contributed by atoms with van der Waals surface area (Å²) in [6.45, 7) is 0.573. The molecule has 0 saturated heterocycles. The van der Waals surface area contributed by atoms with Gasteiger partial charge in [0, 0.05) is 0 Å². The van der Waals surface area contributed by atoms with Crippen molar-refractivity contribution < 1.29 is 8.39 Å². The van der Waals surface area contributed by atoms with Crippen molar-refractivity contribution in [2.24, 2.45) is 11.1 Å². The van der Waals surface area contributed by atoms with Gasteiger partial charge in [-0.25, -0.2) is 9.35 Å². The predicted octanol–water partition coefficient (Wildman–Crippen LogP) is 0.731. The summed E-state index contributed by atoms with van der Waals surface area (Å²) in [5.41, 5.74) is 0. The van der Waals surface area contributed by atoms with Gasteiger partial charge >= 0.3 is 0 Å². The van der Waals surface area contributed by atoms with E-state index in [0.29, 0.717) is 12.5 Å². The summed E-state index contributed by atoms with van der Waals surface area (Å²) < 4.78 is 15.0. The molecular weight excluding hydrogens is 150 g/mol. The molecule has 1 rings (SSSR count). The fourth-order valence-electron chi connectivity index (χ4n) is 1.34. The maximum atomic E-state index is 10.3. The van der Waals surface area contributed by atoms with Gasteiger partial charge in [-0.15, -0.1) is 0 Å². The zero-order valence-electron chi connectivity index (χ0n) is 5.91. The van der Waals surface area contributed by atoms with Crippen molar-refractivity contribution in [3.8, 4) is 0 Å². The van der Waals surface area contributed by atoms with E-state index >= 15 is 0 Å². The molecule has 1 saturated carbocycles. The van der Waals surface area contributed by atoms with Crippen LogP contribution in [0.4, 0.5) is 0 Å². The first-order valence-corrected chi connectivity index (χ1v) is 4.72. The van der Waals surface area contributed by atoms with Crippen LogP contribution in [0, 0.1) is 5.92 Å². The fraction of sp³-hybridized carbons (Fsp3) is 1.00. The van der Waals surface area contributed by atoms with E-state index in [-0.39, 0.29) is 0 Å². The second-order valence-corrected chi connectivity index (χ2v) is 3.45. The monoisotopic (exact) mass is 163 g/mol. The van der Waals surface area contributed by atoms with E-state index in [0.717, 1.165) is 0 Å². The second kappa shape index (κ2) is 4.05. The SMILES string of the molecule is NS(=O)OCC1CCCC1. The summed E-state index contributed by atoms with van der Waals surface area (Å²) in [7, 11) is 0. The molecule has 60 valence electrons. The van der Waals surface area contributed by atoms with Crippen LogP contribution in [-0.4, -0.2) is 10.8 Å². The average Bonchev–Trinajstić information content (AvgIpc) is 2.34. The summed E-state index contributed by atoms with van der Waals surface area (Å²) in [5.74, 6) is 0.604. The van der Waals surface area contributed by atoms with Crippen LogP contribution in [0.3, 0.4) is 0 Å². The molecular formula is C6H13NO2S.